The van der Waals surface area contributed by atoms with E-state index in [2.05, 4.69) is 5.32 Å². The van der Waals surface area contributed by atoms with Crippen molar-refractivity contribution < 1.29 is 18.0 Å². The molecule has 0 radical (unpaired) electrons. The van der Waals surface area contributed by atoms with Crippen molar-refractivity contribution in [2.45, 2.75) is 38.5 Å². The lowest BCUT2D eigenvalue weighted by molar-refractivity contribution is -0.137. The monoisotopic (exact) mass is 435 g/mol. The smallest absolute Gasteiger partial charge is 0.372 e. The van der Waals surface area contributed by atoms with Gasteiger partial charge in [0, 0.05) is 19.1 Å². The van der Waals surface area contributed by atoms with Crippen molar-refractivity contribution in [3.8, 4) is 0 Å². The highest BCUT2D eigenvalue weighted by molar-refractivity contribution is 6.33. The second-order valence-corrected chi connectivity index (χ2v) is 6.80. The van der Waals surface area contributed by atoms with Gasteiger partial charge in [-0.2, -0.15) is 13.2 Å². The number of nitrogens with two attached hydrogens (primary N) is 1. The number of amides is 1. The van der Waals surface area contributed by atoms with E-state index < -0.39 is 17.8 Å². The highest BCUT2D eigenvalue weighted by Gasteiger charge is 2.33. The van der Waals surface area contributed by atoms with E-state index in [9.17, 15) is 18.0 Å². The zero-order chi connectivity index (χ0) is 18.1. The van der Waals surface area contributed by atoms with Gasteiger partial charge in [0.15, 0.2) is 0 Å². The van der Waals surface area contributed by atoms with Crippen molar-refractivity contribution in [1.29, 1.82) is 0 Å². The molecule has 0 aliphatic carbocycles. The Balaban J connectivity index is 0.00000312. The normalized spacial score (nSPS) is 18.2. The van der Waals surface area contributed by atoms with Gasteiger partial charge < -0.3 is 16.0 Å². The molecule has 1 fully saturated rings. The Hall–Kier alpha value is -0.890. The number of hydrogen-bond donors (Lipinski definition) is 2. The molecule has 0 aromatic heterocycles. The van der Waals surface area contributed by atoms with Crippen molar-refractivity contribution in [2.75, 3.05) is 18.4 Å². The highest BCUT2D eigenvalue weighted by Crippen LogP contribution is 2.34. The van der Waals surface area contributed by atoms with E-state index in [-0.39, 0.29) is 47.7 Å². The first-order chi connectivity index (χ1) is 11.1. The first kappa shape index (κ1) is 25.1. The Kier molecular flexibility index (Phi) is 9.54. The zero-order valence-electron chi connectivity index (χ0n) is 14.3. The van der Waals surface area contributed by atoms with Gasteiger partial charge in [0.2, 0.25) is 5.91 Å². The van der Waals surface area contributed by atoms with Crippen molar-refractivity contribution in [1.82, 2.24) is 4.90 Å². The molecule has 26 heavy (non-hydrogen) atoms. The average Bonchev–Trinajstić information content (AvgIpc) is 2.90. The molecule has 0 bridgehead atoms. The summed E-state index contributed by atoms with van der Waals surface area (Å²) >= 11 is 5.96. The van der Waals surface area contributed by atoms with Crippen molar-refractivity contribution >= 4 is 48.0 Å². The molecule has 1 aromatic rings. The molecule has 2 atom stereocenters. The fourth-order valence-corrected chi connectivity index (χ4v) is 2.91. The molecule has 1 aliphatic rings. The molecule has 1 aliphatic heterocycles. The van der Waals surface area contributed by atoms with Gasteiger partial charge in [-0.25, -0.2) is 0 Å². The lowest BCUT2D eigenvalue weighted by Gasteiger charge is -2.28. The summed E-state index contributed by atoms with van der Waals surface area (Å²) in [6, 6.07) is 2.45. The summed E-state index contributed by atoms with van der Waals surface area (Å²) in [6.07, 6.45) is -3.71. The van der Waals surface area contributed by atoms with E-state index in [1.54, 1.807) is 4.90 Å². The SMILES string of the molecule is CC(C)C(Nc1ccc(C(F)(F)F)cc1Cl)C(=O)N1CC[C@@H](N)C1.Cl.Cl. The van der Waals surface area contributed by atoms with Crippen LogP contribution < -0.4 is 11.1 Å². The number of hydrogen-bond acceptors (Lipinski definition) is 3. The van der Waals surface area contributed by atoms with Crippen molar-refractivity contribution in [3.63, 3.8) is 0 Å². The number of rotatable bonds is 4. The molecule has 1 aromatic carbocycles. The number of alkyl halides is 3. The fraction of sp³-hybridized carbons (Fsp3) is 0.562. The van der Waals surface area contributed by atoms with Crippen molar-refractivity contribution in [2.24, 2.45) is 11.7 Å². The first-order valence-corrected chi connectivity index (χ1v) is 8.15. The Morgan fingerprint density at radius 2 is 1.96 bits per heavy atom. The van der Waals surface area contributed by atoms with E-state index >= 15 is 0 Å². The molecule has 150 valence electrons. The van der Waals surface area contributed by atoms with Gasteiger partial charge in [-0.05, 0) is 30.5 Å². The minimum Gasteiger partial charge on any atom is -0.372 e. The third kappa shape index (κ3) is 6.08. The van der Waals surface area contributed by atoms with Crippen LogP contribution in [0.4, 0.5) is 18.9 Å². The Labute approximate surface area is 168 Å². The van der Waals surface area contributed by atoms with Crippen LogP contribution in [0.5, 0.6) is 0 Å². The summed E-state index contributed by atoms with van der Waals surface area (Å²) in [4.78, 5) is 14.3. The number of halogens is 6. The number of anilines is 1. The molecule has 10 heteroatoms. The topological polar surface area (TPSA) is 58.4 Å². The summed E-state index contributed by atoms with van der Waals surface area (Å²) in [6.45, 7) is 4.81. The lowest BCUT2D eigenvalue weighted by atomic mass is 10.0. The number of nitrogens with one attached hydrogen (secondary N) is 1. The molecular weight excluding hydrogens is 414 g/mol. The molecular formula is C16H23Cl3F3N3O. The number of carbonyl (C=O) groups is 1. The van der Waals surface area contributed by atoms with E-state index in [1.807, 2.05) is 13.8 Å². The largest absolute Gasteiger partial charge is 0.416 e. The predicted molar refractivity (Wildman–Crippen MR) is 102 cm³/mol. The maximum absolute atomic E-state index is 12.7. The molecule has 0 spiro atoms. The minimum atomic E-state index is -4.46. The molecule has 3 N–H and O–H groups in total. The number of nitrogens with zero attached hydrogens (tertiary/aromatic N) is 1. The van der Waals surface area contributed by atoms with Gasteiger partial charge in [0.25, 0.3) is 0 Å². The number of benzene rings is 1. The van der Waals surface area contributed by atoms with Crippen LogP contribution in [0, 0.1) is 5.92 Å². The summed E-state index contributed by atoms with van der Waals surface area (Å²) in [5.41, 5.74) is 5.31. The van der Waals surface area contributed by atoms with Crippen LogP contribution in [0.1, 0.15) is 25.8 Å². The summed E-state index contributed by atoms with van der Waals surface area (Å²) < 4.78 is 38.1. The lowest BCUT2D eigenvalue weighted by Crippen LogP contribution is -2.45. The second-order valence-electron chi connectivity index (χ2n) is 6.39. The molecule has 1 unspecified atom stereocenters. The molecule has 1 saturated heterocycles. The summed E-state index contributed by atoms with van der Waals surface area (Å²) in [5.74, 6) is -0.179. The molecule has 0 saturated carbocycles. The second kappa shape index (κ2) is 9.88. The van der Waals surface area contributed by atoms with Crippen LogP contribution >= 0.6 is 36.4 Å². The van der Waals surface area contributed by atoms with Crippen LogP contribution in [-0.4, -0.2) is 36.0 Å². The maximum Gasteiger partial charge on any atom is 0.416 e. The van der Waals surface area contributed by atoms with Crippen LogP contribution in [0.3, 0.4) is 0 Å². The Morgan fingerprint density at radius 3 is 2.38 bits per heavy atom. The fourth-order valence-electron chi connectivity index (χ4n) is 2.67. The number of likely N-dealkylation sites (tertiary alicyclic amines) is 1. The highest BCUT2D eigenvalue weighted by atomic mass is 35.5. The third-order valence-corrected chi connectivity index (χ3v) is 4.39. The van der Waals surface area contributed by atoms with Crippen LogP contribution in [0.2, 0.25) is 5.02 Å². The van der Waals surface area contributed by atoms with Gasteiger partial charge in [-0.15, -0.1) is 24.8 Å². The van der Waals surface area contributed by atoms with Gasteiger partial charge in [0.05, 0.1) is 16.3 Å². The average molecular weight is 437 g/mol. The van der Waals surface area contributed by atoms with Crippen LogP contribution in [0.15, 0.2) is 18.2 Å². The molecule has 2 rings (SSSR count). The maximum atomic E-state index is 12.7. The minimum absolute atomic E-state index is 0. The Bertz CT molecular complexity index is 614. The van der Waals surface area contributed by atoms with E-state index in [0.29, 0.717) is 18.8 Å². The zero-order valence-corrected chi connectivity index (χ0v) is 16.7. The molecule has 1 amide bonds. The van der Waals surface area contributed by atoms with E-state index in [1.165, 1.54) is 6.07 Å². The standard InChI is InChI=1S/C16H21ClF3N3O.2ClH/c1-9(2)14(15(24)23-6-5-11(21)8-23)22-13-4-3-10(7-12(13)17)16(18,19)20;;/h3-4,7,9,11,14,22H,5-6,8,21H2,1-2H3;2*1H/t11-,14?;;/m1../s1. The van der Waals surface area contributed by atoms with Crippen LogP contribution in [-0.2, 0) is 11.0 Å². The van der Waals surface area contributed by atoms with Gasteiger partial charge >= 0.3 is 6.18 Å². The van der Waals surface area contributed by atoms with Gasteiger partial charge in [-0.1, -0.05) is 25.4 Å². The summed E-state index contributed by atoms with van der Waals surface area (Å²) in [5, 5.41) is 2.92. The van der Waals surface area contributed by atoms with Gasteiger partial charge in [0.1, 0.15) is 6.04 Å². The van der Waals surface area contributed by atoms with Gasteiger partial charge in [-0.3, -0.25) is 4.79 Å². The quantitative estimate of drug-likeness (QED) is 0.744. The summed E-state index contributed by atoms with van der Waals surface area (Å²) in [7, 11) is 0. The predicted octanol–water partition coefficient (Wildman–Crippen LogP) is 4.20. The number of carbonyl (C=O) groups excluding carboxylic acids is 1. The first-order valence-electron chi connectivity index (χ1n) is 7.77. The Morgan fingerprint density at radius 1 is 1.35 bits per heavy atom. The van der Waals surface area contributed by atoms with E-state index in [0.717, 1.165) is 18.6 Å². The molecule has 1 heterocycles. The third-order valence-electron chi connectivity index (χ3n) is 4.08. The molecule has 4 nitrogen and oxygen atoms in total. The van der Waals surface area contributed by atoms with E-state index in [4.69, 9.17) is 17.3 Å². The van der Waals surface area contributed by atoms with Crippen LogP contribution in [0.25, 0.3) is 0 Å². The van der Waals surface area contributed by atoms with Crippen molar-refractivity contribution in [3.05, 3.63) is 28.8 Å².